The second-order valence-electron chi connectivity index (χ2n) is 6.57. The van der Waals surface area contributed by atoms with Crippen molar-refractivity contribution < 1.29 is 0 Å². The number of aromatic nitrogens is 1. The first-order valence-electron chi connectivity index (χ1n) is 8.17. The molecule has 2 atom stereocenters. The van der Waals surface area contributed by atoms with Gasteiger partial charge < -0.3 is 10.2 Å². The van der Waals surface area contributed by atoms with E-state index in [9.17, 15) is 0 Å². The van der Waals surface area contributed by atoms with Gasteiger partial charge in [-0.05, 0) is 44.7 Å². The van der Waals surface area contributed by atoms with Crippen LogP contribution in [0.25, 0.3) is 0 Å². The molecule has 1 aromatic heterocycles. The monoisotopic (exact) mass is 273 g/mol. The van der Waals surface area contributed by atoms with Gasteiger partial charge in [-0.3, -0.25) is 4.98 Å². The highest BCUT2D eigenvalue weighted by molar-refractivity contribution is 5.46. The Morgan fingerprint density at radius 1 is 1.20 bits per heavy atom. The Kier molecular flexibility index (Phi) is 4.25. The molecule has 1 aliphatic carbocycles. The summed E-state index contributed by atoms with van der Waals surface area (Å²) < 4.78 is 0. The second kappa shape index (κ2) is 6.13. The van der Waals surface area contributed by atoms with Gasteiger partial charge in [-0.2, -0.15) is 0 Å². The van der Waals surface area contributed by atoms with E-state index in [-0.39, 0.29) is 0 Å². The smallest absolute Gasteiger partial charge is 0.0556 e. The minimum atomic E-state index is 0.555. The molecule has 3 heteroatoms. The predicted molar refractivity (Wildman–Crippen MR) is 84.1 cm³/mol. The van der Waals surface area contributed by atoms with E-state index in [1.165, 1.54) is 37.8 Å². The van der Waals surface area contributed by atoms with Crippen molar-refractivity contribution in [3.8, 4) is 0 Å². The Morgan fingerprint density at radius 3 is 2.70 bits per heavy atom. The number of piperazine rings is 1. The van der Waals surface area contributed by atoms with Crippen LogP contribution in [0, 0.1) is 12.8 Å². The molecule has 1 aromatic rings. The molecule has 1 aliphatic heterocycles. The van der Waals surface area contributed by atoms with Gasteiger partial charge in [0, 0.05) is 30.9 Å². The van der Waals surface area contributed by atoms with Crippen molar-refractivity contribution in [1.29, 1.82) is 0 Å². The average Bonchev–Trinajstić information content (AvgIpc) is 2.50. The Morgan fingerprint density at radius 2 is 2.00 bits per heavy atom. The summed E-state index contributed by atoms with van der Waals surface area (Å²) in [7, 11) is 0. The number of anilines is 1. The molecule has 110 valence electrons. The van der Waals surface area contributed by atoms with Gasteiger partial charge in [0.2, 0.25) is 0 Å². The number of nitrogens with one attached hydrogen (secondary N) is 1. The molecule has 0 amide bonds. The third kappa shape index (κ3) is 2.98. The summed E-state index contributed by atoms with van der Waals surface area (Å²) in [6.07, 6.45) is 9.13. The lowest BCUT2D eigenvalue weighted by Crippen LogP contribution is -2.58. The van der Waals surface area contributed by atoms with Crippen LogP contribution in [0.2, 0.25) is 0 Å². The van der Waals surface area contributed by atoms with Crippen molar-refractivity contribution in [1.82, 2.24) is 10.3 Å². The highest BCUT2D eigenvalue weighted by atomic mass is 15.2. The molecular weight excluding hydrogens is 246 g/mol. The number of hydrogen-bond acceptors (Lipinski definition) is 3. The van der Waals surface area contributed by atoms with Crippen LogP contribution in [0.15, 0.2) is 18.3 Å². The van der Waals surface area contributed by atoms with Gasteiger partial charge >= 0.3 is 0 Å². The molecule has 2 heterocycles. The minimum Gasteiger partial charge on any atom is -0.365 e. The molecular formula is C17H27N3. The predicted octanol–water partition coefficient (Wildman–Crippen LogP) is 3.14. The molecule has 20 heavy (non-hydrogen) atoms. The maximum absolute atomic E-state index is 4.46. The first kappa shape index (κ1) is 13.9. The molecule has 0 aromatic carbocycles. The Labute approximate surface area is 122 Å². The number of pyridine rings is 1. The van der Waals surface area contributed by atoms with Gasteiger partial charge in [-0.15, -0.1) is 0 Å². The van der Waals surface area contributed by atoms with Crippen LogP contribution in [0.1, 0.15) is 44.7 Å². The summed E-state index contributed by atoms with van der Waals surface area (Å²) >= 11 is 0. The van der Waals surface area contributed by atoms with Crippen LogP contribution in [0.5, 0.6) is 0 Å². The fraction of sp³-hybridized carbons (Fsp3) is 0.706. The zero-order valence-electron chi connectivity index (χ0n) is 12.8. The summed E-state index contributed by atoms with van der Waals surface area (Å²) in [5, 5.41) is 3.79. The topological polar surface area (TPSA) is 28.2 Å². The van der Waals surface area contributed by atoms with E-state index in [0.717, 1.165) is 24.7 Å². The van der Waals surface area contributed by atoms with E-state index in [2.05, 4.69) is 41.2 Å². The van der Waals surface area contributed by atoms with Crippen LogP contribution >= 0.6 is 0 Å². The third-order valence-electron chi connectivity index (χ3n) is 5.05. The highest BCUT2D eigenvalue weighted by Gasteiger charge is 2.31. The van der Waals surface area contributed by atoms with Gasteiger partial charge in [-0.1, -0.05) is 19.3 Å². The van der Waals surface area contributed by atoms with Crippen LogP contribution in [0.4, 0.5) is 5.69 Å². The molecule has 0 bridgehead atoms. The van der Waals surface area contributed by atoms with Crippen molar-refractivity contribution in [2.75, 3.05) is 18.0 Å². The van der Waals surface area contributed by atoms with Gasteiger partial charge in [-0.25, -0.2) is 0 Å². The summed E-state index contributed by atoms with van der Waals surface area (Å²) in [5.74, 6) is 0.872. The minimum absolute atomic E-state index is 0.555. The van der Waals surface area contributed by atoms with Crippen LogP contribution < -0.4 is 10.2 Å². The SMILES string of the molecule is Cc1ccc(N2CC(C3CCCCC3)NCC2C)cn1. The Bertz CT molecular complexity index is 422. The lowest BCUT2D eigenvalue weighted by atomic mass is 9.82. The van der Waals surface area contributed by atoms with Crippen LogP contribution in [0.3, 0.4) is 0 Å². The second-order valence-corrected chi connectivity index (χ2v) is 6.57. The molecule has 3 nitrogen and oxygen atoms in total. The lowest BCUT2D eigenvalue weighted by molar-refractivity contribution is 0.245. The first-order chi connectivity index (χ1) is 9.74. The van der Waals surface area contributed by atoms with E-state index in [1.54, 1.807) is 0 Å². The Balaban J connectivity index is 1.71. The van der Waals surface area contributed by atoms with E-state index >= 15 is 0 Å². The van der Waals surface area contributed by atoms with E-state index in [0.29, 0.717) is 12.1 Å². The van der Waals surface area contributed by atoms with Gasteiger partial charge in [0.05, 0.1) is 11.9 Å². The van der Waals surface area contributed by atoms with Gasteiger partial charge in [0.15, 0.2) is 0 Å². The largest absolute Gasteiger partial charge is 0.365 e. The van der Waals surface area contributed by atoms with Crippen LogP contribution in [-0.2, 0) is 0 Å². The molecule has 2 unspecified atom stereocenters. The fourth-order valence-corrected chi connectivity index (χ4v) is 3.73. The van der Waals surface area contributed by atoms with Crippen LogP contribution in [-0.4, -0.2) is 30.2 Å². The normalized spacial score (nSPS) is 28.6. The number of hydrogen-bond donors (Lipinski definition) is 1. The third-order valence-corrected chi connectivity index (χ3v) is 5.05. The highest BCUT2D eigenvalue weighted by Crippen LogP contribution is 2.29. The first-order valence-corrected chi connectivity index (χ1v) is 8.17. The summed E-state index contributed by atoms with van der Waals surface area (Å²) in [5.41, 5.74) is 2.38. The molecule has 3 rings (SSSR count). The number of rotatable bonds is 2. The summed E-state index contributed by atoms with van der Waals surface area (Å²) in [6.45, 7) is 6.59. The standard InChI is InChI=1S/C17H27N3/c1-13-8-9-16(11-18-13)20-12-17(19-10-14(20)2)15-6-4-3-5-7-15/h8-9,11,14-15,17,19H,3-7,10,12H2,1-2H3. The zero-order valence-corrected chi connectivity index (χ0v) is 12.8. The maximum Gasteiger partial charge on any atom is 0.0556 e. The number of nitrogens with zero attached hydrogens (tertiary/aromatic N) is 2. The van der Waals surface area contributed by atoms with E-state index in [4.69, 9.17) is 0 Å². The van der Waals surface area contributed by atoms with Crippen molar-refractivity contribution in [3.63, 3.8) is 0 Å². The lowest BCUT2D eigenvalue weighted by Gasteiger charge is -2.44. The van der Waals surface area contributed by atoms with Crippen molar-refractivity contribution in [2.45, 2.75) is 58.0 Å². The Hall–Kier alpha value is -1.09. The molecule has 2 aliphatic rings. The molecule has 1 saturated carbocycles. The number of aryl methyl sites for hydroxylation is 1. The molecule has 1 saturated heterocycles. The zero-order chi connectivity index (χ0) is 13.9. The van der Waals surface area contributed by atoms with E-state index < -0.39 is 0 Å². The molecule has 1 N–H and O–H groups in total. The van der Waals surface area contributed by atoms with Crippen molar-refractivity contribution >= 4 is 5.69 Å². The van der Waals surface area contributed by atoms with Gasteiger partial charge in [0.25, 0.3) is 0 Å². The van der Waals surface area contributed by atoms with Gasteiger partial charge in [0.1, 0.15) is 0 Å². The molecule has 0 radical (unpaired) electrons. The van der Waals surface area contributed by atoms with Crippen molar-refractivity contribution in [2.24, 2.45) is 5.92 Å². The average molecular weight is 273 g/mol. The summed E-state index contributed by atoms with van der Waals surface area (Å²) in [6, 6.07) is 5.56. The molecule has 2 fully saturated rings. The maximum atomic E-state index is 4.46. The van der Waals surface area contributed by atoms with E-state index in [1.807, 2.05) is 6.20 Å². The van der Waals surface area contributed by atoms with Crippen molar-refractivity contribution in [3.05, 3.63) is 24.0 Å². The quantitative estimate of drug-likeness (QED) is 0.897. The summed E-state index contributed by atoms with van der Waals surface area (Å²) in [4.78, 5) is 7.01. The fourth-order valence-electron chi connectivity index (χ4n) is 3.73. The molecule has 0 spiro atoms.